The van der Waals surface area contributed by atoms with E-state index in [1.165, 1.54) is 0 Å². The molecule has 2 aliphatic rings. The SMILES string of the molecule is CN=C(NCCOc1ccccc1Cl)N1CCCC2(CNC(=O)C2)C1. The van der Waals surface area contributed by atoms with Crippen molar-refractivity contribution in [2.45, 2.75) is 19.3 Å². The van der Waals surface area contributed by atoms with Crippen LogP contribution in [0.4, 0.5) is 0 Å². The molecule has 2 fully saturated rings. The van der Waals surface area contributed by atoms with Gasteiger partial charge in [-0.25, -0.2) is 0 Å². The number of piperidine rings is 1. The molecule has 0 aromatic heterocycles. The van der Waals surface area contributed by atoms with Crippen LogP contribution in [0, 0.1) is 5.41 Å². The van der Waals surface area contributed by atoms with E-state index in [0.717, 1.165) is 38.4 Å². The van der Waals surface area contributed by atoms with E-state index in [0.29, 0.717) is 30.3 Å². The zero-order valence-corrected chi connectivity index (χ0v) is 15.3. The van der Waals surface area contributed by atoms with Crippen molar-refractivity contribution in [2.75, 3.05) is 39.8 Å². The maximum atomic E-state index is 11.6. The van der Waals surface area contributed by atoms with E-state index < -0.39 is 0 Å². The van der Waals surface area contributed by atoms with Gasteiger partial charge in [0.25, 0.3) is 0 Å². The predicted molar refractivity (Wildman–Crippen MR) is 99.2 cm³/mol. The van der Waals surface area contributed by atoms with Crippen LogP contribution in [0.3, 0.4) is 0 Å². The second kappa shape index (κ2) is 7.95. The molecule has 136 valence electrons. The second-order valence-corrected chi connectivity index (χ2v) is 7.14. The molecule has 1 atom stereocenters. The number of aliphatic imine (C=N–C) groups is 1. The van der Waals surface area contributed by atoms with E-state index in [-0.39, 0.29) is 11.3 Å². The van der Waals surface area contributed by atoms with Gasteiger partial charge in [-0.05, 0) is 25.0 Å². The number of nitrogens with one attached hydrogen (secondary N) is 2. The van der Waals surface area contributed by atoms with Crippen LogP contribution in [-0.4, -0.2) is 56.6 Å². The van der Waals surface area contributed by atoms with Gasteiger partial charge in [-0.1, -0.05) is 23.7 Å². The molecule has 7 heteroatoms. The Morgan fingerprint density at radius 2 is 2.32 bits per heavy atom. The summed E-state index contributed by atoms with van der Waals surface area (Å²) in [5.41, 5.74) is 0.0566. The lowest BCUT2D eigenvalue weighted by atomic mass is 9.79. The molecule has 1 unspecified atom stereocenters. The second-order valence-electron chi connectivity index (χ2n) is 6.73. The fraction of sp³-hybridized carbons (Fsp3) is 0.556. The van der Waals surface area contributed by atoms with Crippen LogP contribution < -0.4 is 15.4 Å². The Balaban J connectivity index is 1.49. The van der Waals surface area contributed by atoms with Gasteiger partial charge in [-0.3, -0.25) is 9.79 Å². The van der Waals surface area contributed by atoms with E-state index in [9.17, 15) is 4.79 Å². The molecule has 0 radical (unpaired) electrons. The van der Waals surface area contributed by atoms with Crippen molar-refractivity contribution in [2.24, 2.45) is 10.4 Å². The molecule has 2 aliphatic heterocycles. The molecule has 2 N–H and O–H groups in total. The third-order valence-corrected chi connectivity index (χ3v) is 5.16. The van der Waals surface area contributed by atoms with Crippen LogP contribution in [0.5, 0.6) is 5.75 Å². The predicted octanol–water partition coefficient (Wildman–Crippen LogP) is 1.90. The highest BCUT2D eigenvalue weighted by molar-refractivity contribution is 6.32. The number of nitrogens with zero attached hydrogens (tertiary/aromatic N) is 2. The third-order valence-electron chi connectivity index (χ3n) is 4.85. The summed E-state index contributed by atoms with van der Waals surface area (Å²) in [6, 6.07) is 7.45. The molecular weight excluding hydrogens is 340 g/mol. The zero-order valence-electron chi connectivity index (χ0n) is 14.6. The minimum Gasteiger partial charge on any atom is -0.490 e. The first-order valence-electron chi connectivity index (χ1n) is 8.72. The summed E-state index contributed by atoms with van der Waals surface area (Å²) >= 11 is 6.08. The normalized spacial score (nSPS) is 23.7. The summed E-state index contributed by atoms with van der Waals surface area (Å²) in [6.07, 6.45) is 2.79. The number of ether oxygens (including phenoxy) is 1. The lowest BCUT2D eigenvalue weighted by molar-refractivity contribution is -0.119. The summed E-state index contributed by atoms with van der Waals surface area (Å²) < 4.78 is 5.70. The number of para-hydroxylation sites is 1. The van der Waals surface area contributed by atoms with E-state index in [2.05, 4.69) is 20.5 Å². The summed E-state index contributed by atoms with van der Waals surface area (Å²) in [7, 11) is 1.79. The van der Waals surface area contributed by atoms with Crippen molar-refractivity contribution in [3.05, 3.63) is 29.3 Å². The first-order valence-corrected chi connectivity index (χ1v) is 9.09. The highest BCUT2D eigenvalue weighted by atomic mass is 35.5. The van der Waals surface area contributed by atoms with Gasteiger partial charge in [0.05, 0.1) is 11.6 Å². The van der Waals surface area contributed by atoms with E-state index >= 15 is 0 Å². The van der Waals surface area contributed by atoms with Crippen molar-refractivity contribution in [1.29, 1.82) is 0 Å². The van der Waals surface area contributed by atoms with Gasteiger partial charge in [0.2, 0.25) is 5.91 Å². The molecule has 2 heterocycles. The third kappa shape index (κ3) is 4.37. The molecule has 1 aromatic rings. The van der Waals surface area contributed by atoms with Gasteiger partial charge in [-0.2, -0.15) is 0 Å². The van der Waals surface area contributed by atoms with Crippen LogP contribution in [0.15, 0.2) is 29.3 Å². The molecule has 0 saturated carbocycles. The van der Waals surface area contributed by atoms with Crippen LogP contribution in [0.1, 0.15) is 19.3 Å². The van der Waals surface area contributed by atoms with Gasteiger partial charge in [0.15, 0.2) is 5.96 Å². The van der Waals surface area contributed by atoms with Gasteiger partial charge in [0, 0.05) is 38.5 Å². The molecule has 1 spiro atoms. The van der Waals surface area contributed by atoms with Crippen molar-refractivity contribution in [1.82, 2.24) is 15.5 Å². The molecule has 6 nitrogen and oxygen atoms in total. The minimum atomic E-state index is 0.0566. The Bertz CT molecular complexity index is 652. The number of hydrogen-bond donors (Lipinski definition) is 2. The van der Waals surface area contributed by atoms with Gasteiger partial charge < -0.3 is 20.3 Å². The van der Waals surface area contributed by atoms with Crippen molar-refractivity contribution in [3.63, 3.8) is 0 Å². The molecule has 0 bridgehead atoms. The Hall–Kier alpha value is -1.95. The maximum absolute atomic E-state index is 11.6. The Labute approximate surface area is 153 Å². The zero-order chi connectivity index (χ0) is 17.7. The topological polar surface area (TPSA) is 66.0 Å². The lowest BCUT2D eigenvalue weighted by Gasteiger charge is -2.40. The highest BCUT2D eigenvalue weighted by Gasteiger charge is 2.42. The van der Waals surface area contributed by atoms with Gasteiger partial charge in [-0.15, -0.1) is 0 Å². The van der Waals surface area contributed by atoms with Crippen molar-refractivity contribution in [3.8, 4) is 5.75 Å². The molecular formula is C18H25ClN4O2. The van der Waals surface area contributed by atoms with Crippen LogP contribution in [-0.2, 0) is 4.79 Å². The summed E-state index contributed by atoms with van der Waals surface area (Å²) in [6.45, 7) is 3.73. The van der Waals surface area contributed by atoms with Crippen LogP contribution in [0.25, 0.3) is 0 Å². The van der Waals surface area contributed by atoms with E-state index in [4.69, 9.17) is 16.3 Å². The summed E-state index contributed by atoms with van der Waals surface area (Å²) in [5, 5.41) is 6.94. The molecule has 0 aliphatic carbocycles. The fourth-order valence-corrected chi connectivity index (χ4v) is 3.84. The Morgan fingerprint density at radius 1 is 1.48 bits per heavy atom. The standard InChI is InChI=1S/C18H25ClN4O2/c1-20-17(21-8-10-25-15-6-3-2-5-14(15)19)23-9-4-7-18(13-23)11-16(24)22-12-18/h2-3,5-6H,4,7-13H2,1H3,(H,20,21)(H,22,24). The number of carbonyl (C=O) groups is 1. The molecule has 3 rings (SSSR count). The first-order chi connectivity index (χ1) is 12.1. The minimum absolute atomic E-state index is 0.0566. The fourth-order valence-electron chi connectivity index (χ4n) is 3.65. The van der Waals surface area contributed by atoms with Crippen LogP contribution >= 0.6 is 11.6 Å². The number of carbonyl (C=O) groups excluding carboxylic acids is 1. The van der Waals surface area contributed by atoms with Gasteiger partial charge in [0.1, 0.15) is 12.4 Å². The average molecular weight is 365 g/mol. The number of hydrogen-bond acceptors (Lipinski definition) is 3. The molecule has 1 aromatic carbocycles. The van der Waals surface area contributed by atoms with E-state index in [1.54, 1.807) is 7.05 Å². The molecule has 2 saturated heterocycles. The van der Waals surface area contributed by atoms with Crippen LogP contribution in [0.2, 0.25) is 5.02 Å². The van der Waals surface area contributed by atoms with Crippen molar-refractivity contribution < 1.29 is 9.53 Å². The number of likely N-dealkylation sites (tertiary alicyclic amines) is 1. The first kappa shape index (κ1) is 17.9. The number of amides is 1. The smallest absolute Gasteiger partial charge is 0.220 e. The monoisotopic (exact) mass is 364 g/mol. The summed E-state index contributed by atoms with van der Waals surface area (Å²) in [5.74, 6) is 1.72. The number of rotatable bonds is 4. The Morgan fingerprint density at radius 3 is 3.04 bits per heavy atom. The maximum Gasteiger partial charge on any atom is 0.220 e. The lowest BCUT2D eigenvalue weighted by Crippen LogP contribution is -2.51. The molecule has 1 amide bonds. The number of guanidine groups is 1. The number of benzene rings is 1. The average Bonchev–Trinajstić information content (AvgIpc) is 2.96. The Kier molecular flexibility index (Phi) is 5.68. The highest BCUT2D eigenvalue weighted by Crippen LogP contribution is 2.35. The van der Waals surface area contributed by atoms with Crippen molar-refractivity contribution >= 4 is 23.5 Å². The van der Waals surface area contributed by atoms with E-state index in [1.807, 2.05) is 24.3 Å². The van der Waals surface area contributed by atoms with Gasteiger partial charge >= 0.3 is 0 Å². The summed E-state index contributed by atoms with van der Waals surface area (Å²) in [4.78, 5) is 18.3. The largest absolute Gasteiger partial charge is 0.490 e. The molecule has 25 heavy (non-hydrogen) atoms. The number of halogens is 1. The quantitative estimate of drug-likeness (QED) is 0.486.